The van der Waals surface area contributed by atoms with E-state index in [0.29, 0.717) is 11.3 Å². The molecule has 0 aliphatic heterocycles. The second-order valence-corrected chi connectivity index (χ2v) is 15.0. The van der Waals surface area contributed by atoms with Crippen LogP contribution in [-0.2, 0) is 16.0 Å². The first-order chi connectivity index (χ1) is 17.0. The minimum absolute atomic E-state index is 0.0348. The number of hydrogen-bond donors (Lipinski definition) is 1. The molecule has 3 aromatic carbocycles. The summed E-state index contributed by atoms with van der Waals surface area (Å²) in [5, 5.41) is 9.36. The number of fused-ring (bicyclic) bond motifs is 3. The van der Waals surface area contributed by atoms with Crippen molar-refractivity contribution in [3.05, 3.63) is 88.5 Å². The fourth-order valence-corrected chi connectivity index (χ4v) is 5.07. The summed E-state index contributed by atoms with van der Waals surface area (Å²) in [6.45, 7) is 8.58. The van der Waals surface area contributed by atoms with Gasteiger partial charge < -0.3 is 9.84 Å². The molecule has 36 heavy (non-hydrogen) atoms. The van der Waals surface area contributed by atoms with Gasteiger partial charge in [0.25, 0.3) is 0 Å². The van der Waals surface area contributed by atoms with Gasteiger partial charge in [0.15, 0.2) is 0 Å². The van der Waals surface area contributed by atoms with E-state index < -0.39 is 20.1 Å². The third-order valence-corrected chi connectivity index (χ3v) is 7.21. The zero-order valence-corrected chi connectivity index (χ0v) is 22.4. The van der Waals surface area contributed by atoms with Crippen molar-refractivity contribution in [2.75, 3.05) is 18.6 Å². The van der Waals surface area contributed by atoms with E-state index in [1.54, 1.807) is 13.1 Å². The lowest BCUT2D eigenvalue weighted by molar-refractivity contribution is -0.136. The molecular weight excluding hydrogens is 466 g/mol. The predicted octanol–water partition coefficient (Wildman–Crippen LogP) is 6.24. The van der Waals surface area contributed by atoms with Gasteiger partial charge in [0.1, 0.15) is 14.7 Å². The van der Waals surface area contributed by atoms with Gasteiger partial charge in [-0.3, -0.25) is 9.69 Å². The number of anilines is 1. The van der Waals surface area contributed by atoms with Crippen LogP contribution in [0.1, 0.15) is 33.7 Å². The lowest BCUT2D eigenvalue weighted by Crippen LogP contribution is -2.29. The normalized spacial score (nSPS) is 12.2. The van der Waals surface area contributed by atoms with Crippen molar-refractivity contribution in [1.29, 1.82) is 0 Å². The van der Waals surface area contributed by atoms with Crippen LogP contribution in [0.4, 0.5) is 10.5 Å². The smallest absolute Gasteiger partial charge is 0.414 e. The number of carboxylic acid groups (broad SMARTS) is 1. The molecule has 0 heterocycles. The highest BCUT2D eigenvalue weighted by molar-refractivity contribution is 6.83. The van der Waals surface area contributed by atoms with Crippen molar-refractivity contribution in [1.82, 2.24) is 0 Å². The van der Waals surface area contributed by atoms with Crippen molar-refractivity contribution in [3.63, 3.8) is 0 Å². The van der Waals surface area contributed by atoms with E-state index >= 15 is 0 Å². The number of carboxylic acids is 1. The SMILES string of the molecule is Cc1c(C#C[Si](C)(C)C)cc(CC(=O)O)cc1N(C)C(=O)OCC1c2ccccc2-c2ccccc21. The van der Waals surface area contributed by atoms with Crippen LogP contribution in [0.3, 0.4) is 0 Å². The number of carbonyl (C=O) groups is 2. The highest BCUT2D eigenvalue weighted by Crippen LogP contribution is 2.44. The van der Waals surface area contributed by atoms with Crippen molar-refractivity contribution >= 4 is 25.8 Å². The van der Waals surface area contributed by atoms with E-state index in [1.807, 2.05) is 37.3 Å². The number of hydrogen-bond acceptors (Lipinski definition) is 3. The van der Waals surface area contributed by atoms with E-state index in [0.717, 1.165) is 22.3 Å². The predicted molar refractivity (Wildman–Crippen MR) is 146 cm³/mol. The number of amides is 1. The molecule has 0 saturated carbocycles. The summed E-state index contributed by atoms with van der Waals surface area (Å²) in [5.41, 5.74) is 10.8. The molecule has 0 bridgehead atoms. The van der Waals surface area contributed by atoms with Crippen LogP contribution in [0.2, 0.25) is 19.6 Å². The van der Waals surface area contributed by atoms with Gasteiger partial charge in [-0.2, -0.15) is 0 Å². The van der Waals surface area contributed by atoms with Crippen LogP contribution < -0.4 is 4.90 Å². The molecule has 1 aliphatic carbocycles. The zero-order valence-electron chi connectivity index (χ0n) is 21.4. The molecule has 5 nitrogen and oxygen atoms in total. The quantitative estimate of drug-likeness (QED) is 0.335. The Morgan fingerprint density at radius 1 is 1.00 bits per heavy atom. The van der Waals surface area contributed by atoms with Crippen LogP contribution in [0, 0.1) is 18.4 Å². The highest BCUT2D eigenvalue weighted by atomic mass is 28.3. The van der Waals surface area contributed by atoms with Gasteiger partial charge in [-0.15, -0.1) is 5.54 Å². The van der Waals surface area contributed by atoms with E-state index in [9.17, 15) is 14.7 Å². The topological polar surface area (TPSA) is 66.8 Å². The fourth-order valence-electron chi connectivity index (χ4n) is 4.56. The Morgan fingerprint density at radius 3 is 2.14 bits per heavy atom. The number of aliphatic carboxylic acids is 1. The zero-order chi connectivity index (χ0) is 26.0. The Hall–Kier alpha value is -3.82. The summed E-state index contributed by atoms with van der Waals surface area (Å²) in [6, 6.07) is 20.0. The Kier molecular flexibility index (Phi) is 7.05. The van der Waals surface area contributed by atoms with Gasteiger partial charge in [-0.25, -0.2) is 4.79 Å². The average Bonchev–Trinajstić information content (AvgIpc) is 3.15. The molecule has 1 amide bonds. The molecule has 1 aliphatic rings. The molecule has 3 aromatic rings. The van der Waals surface area contributed by atoms with Crippen LogP contribution in [0.25, 0.3) is 11.1 Å². The molecule has 0 unspecified atom stereocenters. The number of carbonyl (C=O) groups excluding carboxylic acids is 1. The van der Waals surface area contributed by atoms with Gasteiger partial charge in [-0.05, 0) is 52.4 Å². The molecule has 6 heteroatoms. The van der Waals surface area contributed by atoms with Crippen molar-refractivity contribution < 1.29 is 19.4 Å². The first kappa shape index (κ1) is 25.3. The van der Waals surface area contributed by atoms with Crippen molar-refractivity contribution in [2.45, 2.75) is 38.9 Å². The summed E-state index contributed by atoms with van der Waals surface area (Å²) in [5.74, 6) is 2.27. The van der Waals surface area contributed by atoms with Gasteiger partial charge >= 0.3 is 12.1 Å². The second-order valence-electron chi connectivity index (χ2n) is 10.2. The first-order valence-electron chi connectivity index (χ1n) is 12.0. The average molecular weight is 498 g/mol. The molecule has 0 saturated heterocycles. The van der Waals surface area contributed by atoms with E-state index in [2.05, 4.69) is 55.4 Å². The number of nitrogens with zero attached hydrogens (tertiary/aromatic N) is 1. The first-order valence-corrected chi connectivity index (χ1v) is 15.5. The molecule has 0 fully saturated rings. The Balaban J connectivity index is 1.60. The summed E-state index contributed by atoms with van der Waals surface area (Å²) >= 11 is 0. The Bertz CT molecular complexity index is 1350. The molecule has 4 rings (SSSR count). The van der Waals surface area contributed by atoms with Crippen molar-refractivity contribution in [2.24, 2.45) is 0 Å². The monoisotopic (exact) mass is 497 g/mol. The minimum atomic E-state index is -1.65. The summed E-state index contributed by atoms with van der Waals surface area (Å²) in [7, 11) is 0.00697. The van der Waals surface area contributed by atoms with E-state index in [1.165, 1.54) is 16.0 Å². The second kappa shape index (κ2) is 10.0. The third-order valence-electron chi connectivity index (χ3n) is 6.34. The Morgan fingerprint density at radius 2 is 1.58 bits per heavy atom. The van der Waals surface area contributed by atoms with E-state index in [-0.39, 0.29) is 18.9 Å². The van der Waals surface area contributed by atoms with Gasteiger partial charge in [-0.1, -0.05) is 74.1 Å². The van der Waals surface area contributed by atoms with Crippen LogP contribution in [0.15, 0.2) is 60.7 Å². The molecule has 0 aromatic heterocycles. The number of ether oxygens (including phenoxy) is 1. The van der Waals surface area contributed by atoms with Crippen LogP contribution in [0.5, 0.6) is 0 Å². The molecule has 1 N–H and O–H groups in total. The minimum Gasteiger partial charge on any atom is -0.481 e. The third kappa shape index (κ3) is 5.37. The fraction of sp³-hybridized carbons (Fsp3) is 0.267. The van der Waals surface area contributed by atoms with Crippen LogP contribution in [-0.4, -0.2) is 38.9 Å². The standard InChI is InChI=1S/C30H31NO4Si/c1-20-22(14-15-36(3,4)5)16-21(18-29(32)33)17-28(20)31(2)30(34)35-19-27-25-12-8-6-10-23(25)24-11-7-9-13-26(24)27/h6-13,16-17,27H,18-19H2,1-5H3,(H,32,33). The Labute approximate surface area is 213 Å². The highest BCUT2D eigenvalue weighted by Gasteiger charge is 2.29. The van der Waals surface area contributed by atoms with Crippen LogP contribution >= 0.6 is 0 Å². The largest absolute Gasteiger partial charge is 0.481 e. The maximum absolute atomic E-state index is 13.2. The number of rotatable bonds is 5. The molecule has 0 radical (unpaired) electrons. The molecule has 0 atom stereocenters. The molecule has 0 spiro atoms. The van der Waals surface area contributed by atoms with Gasteiger partial charge in [0.2, 0.25) is 0 Å². The lowest BCUT2D eigenvalue weighted by Gasteiger charge is -2.22. The number of benzene rings is 3. The molecule has 184 valence electrons. The maximum Gasteiger partial charge on any atom is 0.414 e. The van der Waals surface area contributed by atoms with Gasteiger partial charge in [0.05, 0.1) is 12.1 Å². The van der Waals surface area contributed by atoms with Crippen molar-refractivity contribution in [3.8, 4) is 22.6 Å². The summed E-state index contributed by atoms with van der Waals surface area (Å²) in [6.07, 6.45) is -0.635. The molecular formula is C30H31NO4Si. The lowest BCUT2D eigenvalue weighted by atomic mass is 9.98. The van der Waals surface area contributed by atoms with Gasteiger partial charge in [0, 0.05) is 18.5 Å². The summed E-state index contributed by atoms with van der Waals surface area (Å²) in [4.78, 5) is 26.1. The maximum atomic E-state index is 13.2. The summed E-state index contributed by atoms with van der Waals surface area (Å²) < 4.78 is 5.83. The van der Waals surface area contributed by atoms with E-state index in [4.69, 9.17) is 4.74 Å².